The van der Waals surface area contributed by atoms with Crippen LogP contribution in [0.3, 0.4) is 0 Å². The topological polar surface area (TPSA) is 84.5 Å². The lowest BCUT2D eigenvalue weighted by Crippen LogP contribution is -2.25. The third-order valence-corrected chi connectivity index (χ3v) is 5.50. The molecule has 0 heterocycles. The molecule has 1 unspecified atom stereocenters. The molecule has 1 atom stereocenters. The molecule has 0 aromatic heterocycles. The van der Waals surface area contributed by atoms with E-state index in [1.165, 1.54) is 65.4 Å². The van der Waals surface area contributed by atoms with Gasteiger partial charge in [-0.05, 0) is 38.5 Å². The van der Waals surface area contributed by atoms with Crippen LogP contribution < -0.4 is 15.4 Å². The lowest BCUT2D eigenvalue weighted by atomic mass is 10.1. The van der Waals surface area contributed by atoms with Crippen molar-refractivity contribution in [1.82, 2.24) is 0 Å². The van der Waals surface area contributed by atoms with Crippen LogP contribution in [0.15, 0.2) is 18.2 Å². The van der Waals surface area contributed by atoms with E-state index in [1.807, 2.05) is 0 Å². The SMILES string of the molecule is CCCCCCCCCCCCC(=O)Nc1ccc(OC)c(NC(=O)C(C)C(C)=O)c1. The average molecular weight is 433 g/mol. The van der Waals surface area contributed by atoms with Crippen LogP contribution in [0.1, 0.15) is 91.4 Å². The van der Waals surface area contributed by atoms with Crippen LogP contribution in [0, 0.1) is 5.92 Å². The number of carbonyl (C=O) groups is 3. The monoisotopic (exact) mass is 432 g/mol. The van der Waals surface area contributed by atoms with E-state index >= 15 is 0 Å². The Bertz CT molecular complexity index is 703. The number of carbonyl (C=O) groups excluding carboxylic acids is 3. The molecule has 0 radical (unpaired) electrons. The molecule has 1 aromatic carbocycles. The zero-order valence-corrected chi connectivity index (χ0v) is 19.7. The number of unbranched alkanes of at least 4 members (excludes halogenated alkanes) is 9. The normalized spacial score (nSPS) is 11.6. The van der Waals surface area contributed by atoms with Gasteiger partial charge in [0.25, 0.3) is 0 Å². The van der Waals surface area contributed by atoms with E-state index in [4.69, 9.17) is 4.74 Å². The molecule has 6 heteroatoms. The number of methoxy groups -OCH3 is 1. The molecule has 0 spiro atoms. The second kappa shape index (κ2) is 15.4. The van der Waals surface area contributed by atoms with Gasteiger partial charge in [0.05, 0.1) is 18.7 Å². The Morgan fingerprint density at radius 2 is 1.48 bits per heavy atom. The first-order chi connectivity index (χ1) is 14.9. The summed E-state index contributed by atoms with van der Waals surface area (Å²) in [6.45, 7) is 5.17. The maximum absolute atomic E-state index is 12.3. The number of ether oxygens (including phenoxy) is 1. The van der Waals surface area contributed by atoms with Crippen LogP contribution in [-0.2, 0) is 14.4 Å². The first-order valence-electron chi connectivity index (χ1n) is 11.7. The molecule has 0 saturated heterocycles. The Labute approximate surface area is 187 Å². The predicted molar refractivity (Wildman–Crippen MR) is 127 cm³/mol. The summed E-state index contributed by atoms with van der Waals surface area (Å²) in [5, 5.41) is 5.58. The molecule has 0 fully saturated rings. The van der Waals surface area contributed by atoms with E-state index in [9.17, 15) is 14.4 Å². The largest absolute Gasteiger partial charge is 0.495 e. The summed E-state index contributed by atoms with van der Waals surface area (Å²) in [6, 6.07) is 5.07. The van der Waals surface area contributed by atoms with Gasteiger partial charge in [-0.2, -0.15) is 0 Å². The van der Waals surface area contributed by atoms with E-state index in [-0.39, 0.29) is 11.7 Å². The highest BCUT2D eigenvalue weighted by molar-refractivity contribution is 6.07. The van der Waals surface area contributed by atoms with Crippen LogP contribution in [0.2, 0.25) is 0 Å². The van der Waals surface area contributed by atoms with Gasteiger partial charge >= 0.3 is 0 Å². The zero-order chi connectivity index (χ0) is 23.1. The molecule has 174 valence electrons. The third-order valence-electron chi connectivity index (χ3n) is 5.50. The van der Waals surface area contributed by atoms with Crippen LogP contribution in [0.5, 0.6) is 5.75 Å². The van der Waals surface area contributed by atoms with Crippen molar-refractivity contribution in [3.8, 4) is 5.75 Å². The molecular formula is C25H40N2O4. The molecule has 0 aliphatic heterocycles. The highest BCUT2D eigenvalue weighted by Gasteiger charge is 2.19. The summed E-state index contributed by atoms with van der Waals surface area (Å²) in [4.78, 5) is 35.9. The minimum Gasteiger partial charge on any atom is -0.495 e. The number of Topliss-reactive ketones (excluding diaryl/α,β-unsaturated/α-hetero) is 1. The van der Waals surface area contributed by atoms with Crippen molar-refractivity contribution in [3.05, 3.63) is 18.2 Å². The Morgan fingerprint density at radius 1 is 0.903 bits per heavy atom. The number of rotatable bonds is 16. The average Bonchev–Trinajstić information content (AvgIpc) is 2.74. The minimum absolute atomic E-state index is 0.0425. The molecule has 1 rings (SSSR count). The second-order valence-corrected chi connectivity index (χ2v) is 8.22. The van der Waals surface area contributed by atoms with Gasteiger partial charge in [-0.3, -0.25) is 14.4 Å². The maximum atomic E-state index is 12.3. The Balaban J connectivity index is 2.39. The predicted octanol–water partition coefficient (Wildman–Crippen LogP) is 6.11. The van der Waals surface area contributed by atoms with Gasteiger partial charge in [0.2, 0.25) is 11.8 Å². The number of nitrogens with one attached hydrogen (secondary N) is 2. The van der Waals surface area contributed by atoms with Crippen molar-refractivity contribution in [2.75, 3.05) is 17.7 Å². The van der Waals surface area contributed by atoms with Crippen molar-refractivity contribution in [1.29, 1.82) is 0 Å². The van der Waals surface area contributed by atoms with Gasteiger partial charge < -0.3 is 15.4 Å². The number of ketones is 1. The van der Waals surface area contributed by atoms with Gasteiger partial charge in [0.15, 0.2) is 0 Å². The summed E-state index contributed by atoms with van der Waals surface area (Å²) in [6.07, 6.45) is 12.8. The Kier molecular flexibility index (Phi) is 13.3. The van der Waals surface area contributed by atoms with Crippen LogP contribution >= 0.6 is 0 Å². The molecule has 6 nitrogen and oxygen atoms in total. The molecule has 0 aliphatic rings. The fraction of sp³-hybridized carbons (Fsp3) is 0.640. The van der Waals surface area contributed by atoms with Crippen molar-refractivity contribution in [2.24, 2.45) is 5.92 Å². The van der Waals surface area contributed by atoms with Gasteiger partial charge in [-0.25, -0.2) is 0 Å². The summed E-state index contributed by atoms with van der Waals surface area (Å²) < 4.78 is 5.27. The minimum atomic E-state index is -0.751. The summed E-state index contributed by atoms with van der Waals surface area (Å²) >= 11 is 0. The van der Waals surface area contributed by atoms with E-state index in [0.717, 1.165) is 12.8 Å². The summed E-state index contributed by atoms with van der Waals surface area (Å²) in [7, 11) is 1.50. The molecule has 2 N–H and O–H groups in total. The molecule has 0 bridgehead atoms. The highest BCUT2D eigenvalue weighted by Crippen LogP contribution is 2.28. The standard InChI is InChI=1S/C25H40N2O4/c1-5-6-7-8-9-10-11-12-13-14-15-24(29)26-21-16-17-23(31-4)22(18-21)27-25(30)19(2)20(3)28/h16-19H,5-15H2,1-4H3,(H,26,29)(H,27,30). The van der Waals surface area contributed by atoms with Gasteiger partial charge in [-0.15, -0.1) is 0 Å². The highest BCUT2D eigenvalue weighted by atomic mass is 16.5. The molecule has 0 saturated carbocycles. The molecular weight excluding hydrogens is 392 g/mol. The number of benzene rings is 1. The number of anilines is 2. The molecule has 0 aliphatic carbocycles. The van der Waals surface area contributed by atoms with Crippen LogP contribution in [0.25, 0.3) is 0 Å². The fourth-order valence-corrected chi connectivity index (χ4v) is 3.31. The maximum Gasteiger partial charge on any atom is 0.234 e. The van der Waals surface area contributed by atoms with Gasteiger partial charge in [-0.1, -0.05) is 64.7 Å². The lowest BCUT2D eigenvalue weighted by molar-refractivity contribution is -0.129. The van der Waals surface area contributed by atoms with Crippen molar-refractivity contribution in [2.45, 2.75) is 91.4 Å². The quantitative estimate of drug-likeness (QED) is 0.244. The van der Waals surface area contributed by atoms with Crippen molar-refractivity contribution >= 4 is 29.0 Å². The van der Waals surface area contributed by atoms with Crippen LogP contribution in [-0.4, -0.2) is 24.7 Å². The lowest BCUT2D eigenvalue weighted by Gasteiger charge is -2.14. The van der Waals surface area contributed by atoms with Gasteiger partial charge in [0, 0.05) is 12.1 Å². The van der Waals surface area contributed by atoms with E-state index in [1.54, 1.807) is 25.1 Å². The number of hydrogen-bond acceptors (Lipinski definition) is 4. The first-order valence-corrected chi connectivity index (χ1v) is 11.7. The summed E-state index contributed by atoms with van der Waals surface area (Å²) in [5.74, 6) is -0.938. The first kappa shape index (κ1) is 26.7. The smallest absolute Gasteiger partial charge is 0.234 e. The van der Waals surface area contributed by atoms with E-state index < -0.39 is 11.8 Å². The number of amides is 2. The Hall–Kier alpha value is -2.37. The molecule has 31 heavy (non-hydrogen) atoms. The Morgan fingerprint density at radius 3 is 2.03 bits per heavy atom. The third kappa shape index (κ3) is 11.0. The van der Waals surface area contributed by atoms with Crippen molar-refractivity contribution < 1.29 is 19.1 Å². The molecule has 1 aromatic rings. The van der Waals surface area contributed by atoms with Crippen LogP contribution in [0.4, 0.5) is 11.4 Å². The second-order valence-electron chi connectivity index (χ2n) is 8.22. The van der Waals surface area contributed by atoms with E-state index in [2.05, 4.69) is 17.6 Å². The van der Waals surface area contributed by atoms with Gasteiger partial charge in [0.1, 0.15) is 11.5 Å². The van der Waals surface area contributed by atoms with E-state index in [0.29, 0.717) is 23.5 Å². The zero-order valence-electron chi connectivity index (χ0n) is 19.7. The molecule has 2 amide bonds. The van der Waals surface area contributed by atoms with Crippen molar-refractivity contribution in [3.63, 3.8) is 0 Å². The number of hydrogen-bond donors (Lipinski definition) is 2. The fourth-order valence-electron chi connectivity index (χ4n) is 3.31. The summed E-state index contributed by atoms with van der Waals surface area (Å²) in [5.41, 5.74) is 1.01.